The van der Waals surface area contributed by atoms with Gasteiger partial charge in [-0.25, -0.2) is 18.5 Å². The number of phosphoric acid groups is 3. The van der Waals surface area contributed by atoms with Crippen LogP contribution in [0, 0.1) is 0 Å². The van der Waals surface area contributed by atoms with Gasteiger partial charge in [0.2, 0.25) is 0 Å². The molecule has 1 aromatic heterocycles. The van der Waals surface area contributed by atoms with Crippen molar-refractivity contribution in [2.75, 3.05) is 46.2 Å². The molecular formula is C20H30N3O16P3S. The van der Waals surface area contributed by atoms with E-state index in [1.165, 1.54) is 49.9 Å². The summed E-state index contributed by atoms with van der Waals surface area (Å²) in [5.74, 6) is 1.82. The van der Waals surface area contributed by atoms with E-state index in [1.807, 2.05) is 0 Å². The molecule has 2 heterocycles. The van der Waals surface area contributed by atoms with Gasteiger partial charge >= 0.3 is 29.2 Å². The number of benzene rings is 1. The lowest BCUT2D eigenvalue weighted by atomic mass is 10.1. The molecule has 2 aromatic rings. The van der Waals surface area contributed by atoms with E-state index in [0.717, 1.165) is 0 Å². The van der Waals surface area contributed by atoms with Crippen LogP contribution in [0.15, 0.2) is 29.2 Å². The molecule has 3 rings (SSSR count). The summed E-state index contributed by atoms with van der Waals surface area (Å²) >= 11 is 1.28. The molecule has 6 N–H and O–H groups in total. The van der Waals surface area contributed by atoms with Crippen molar-refractivity contribution in [2.24, 2.45) is 0 Å². The number of methoxy groups -OCH3 is 3. The molecule has 19 nitrogen and oxygen atoms in total. The molecule has 5 atom stereocenters. The van der Waals surface area contributed by atoms with E-state index >= 15 is 0 Å². The standard InChI is InChI=1S/C20H30N3O16P3S/c1-32-12-6-15(33-2)13(16(7-12)34-3)10-43-11-36-19-14(23-5-4-18(21)22-20(23)24)8-35-17(19)9-37-41(28,29)39-42(30,31)38-40(25,26)27/h4-7,14,17,19H,8-11H2,1-3H3,(H,28,29)(H,30,31)(H2,21,22,24)(H2,25,26,27)/t14-,17?,19+/m1/s1. The molecular weight excluding hydrogens is 663 g/mol. The highest BCUT2D eigenvalue weighted by atomic mass is 32.2. The fourth-order valence-corrected chi connectivity index (χ4v) is 7.75. The minimum atomic E-state index is -5.72. The average molecular weight is 693 g/mol. The largest absolute Gasteiger partial charge is 0.496 e. The van der Waals surface area contributed by atoms with Crippen LogP contribution in [0.2, 0.25) is 0 Å². The third-order valence-electron chi connectivity index (χ3n) is 5.66. The van der Waals surface area contributed by atoms with E-state index in [1.54, 1.807) is 12.1 Å². The summed E-state index contributed by atoms with van der Waals surface area (Å²) in [5.41, 5.74) is 5.55. The maximum absolute atomic E-state index is 12.5. The number of phosphoric ester groups is 1. The van der Waals surface area contributed by atoms with E-state index in [4.69, 9.17) is 43.7 Å². The maximum atomic E-state index is 12.5. The third-order valence-corrected chi connectivity index (χ3v) is 10.3. The molecule has 242 valence electrons. The fourth-order valence-electron chi connectivity index (χ4n) is 3.90. The minimum absolute atomic E-state index is 0.00817. The van der Waals surface area contributed by atoms with E-state index < -0.39 is 54.0 Å². The molecule has 1 aliphatic rings. The Morgan fingerprint density at radius 2 is 1.70 bits per heavy atom. The van der Waals surface area contributed by atoms with Gasteiger partial charge in [-0.15, -0.1) is 11.8 Å². The van der Waals surface area contributed by atoms with Crippen LogP contribution in [0.25, 0.3) is 0 Å². The Labute approximate surface area is 248 Å². The number of ether oxygens (including phenoxy) is 5. The molecule has 1 saturated heterocycles. The van der Waals surface area contributed by atoms with Crippen molar-refractivity contribution in [1.29, 1.82) is 0 Å². The van der Waals surface area contributed by atoms with Crippen LogP contribution in [0.4, 0.5) is 5.82 Å². The second kappa shape index (κ2) is 14.8. The molecule has 0 saturated carbocycles. The Morgan fingerprint density at radius 1 is 1.05 bits per heavy atom. The van der Waals surface area contributed by atoms with E-state index in [-0.39, 0.29) is 18.4 Å². The van der Waals surface area contributed by atoms with Gasteiger partial charge in [0.1, 0.15) is 35.3 Å². The Hall–Kier alpha value is -2.02. The summed E-state index contributed by atoms with van der Waals surface area (Å²) < 4.78 is 75.9. The molecule has 1 aromatic carbocycles. The van der Waals surface area contributed by atoms with Gasteiger partial charge in [0.05, 0.1) is 46.5 Å². The predicted octanol–water partition coefficient (Wildman–Crippen LogP) is 1.41. The summed E-state index contributed by atoms with van der Waals surface area (Å²) in [6, 6.07) is 3.91. The van der Waals surface area contributed by atoms with Gasteiger partial charge in [0.25, 0.3) is 0 Å². The molecule has 43 heavy (non-hydrogen) atoms. The zero-order valence-corrected chi connectivity index (χ0v) is 26.3. The highest BCUT2D eigenvalue weighted by molar-refractivity contribution is 7.98. The molecule has 0 amide bonds. The van der Waals surface area contributed by atoms with Crippen molar-refractivity contribution >= 4 is 41.0 Å². The number of rotatable bonds is 16. The summed E-state index contributed by atoms with van der Waals surface area (Å²) in [6.07, 6.45) is -0.799. The average Bonchev–Trinajstić information content (AvgIpc) is 3.29. The van der Waals surface area contributed by atoms with Crippen molar-refractivity contribution in [3.05, 3.63) is 40.4 Å². The van der Waals surface area contributed by atoms with Gasteiger partial charge in [0.15, 0.2) is 0 Å². The zero-order valence-electron chi connectivity index (χ0n) is 22.8. The molecule has 0 bridgehead atoms. The smallest absolute Gasteiger partial charge is 0.490 e. The number of nitrogens with two attached hydrogens (primary N) is 1. The molecule has 23 heteroatoms. The number of anilines is 1. The Bertz CT molecular complexity index is 1450. The molecule has 0 spiro atoms. The second-order valence-electron chi connectivity index (χ2n) is 8.48. The lowest BCUT2D eigenvalue weighted by Gasteiger charge is -2.25. The lowest BCUT2D eigenvalue weighted by Crippen LogP contribution is -2.38. The van der Waals surface area contributed by atoms with E-state index in [2.05, 4.69) is 13.6 Å². The highest BCUT2D eigenvalue weighted by Crippen LogP contribution is 2.66. The monoisotopic (exact) mass is 693 g/mol. The van der Waals surface area contributed by atoms with Gasteiger partial charge < -0.3 is 49.0 Å². The quantitative estimate of drug-likeness (QED) is 0.0944. The Morgan fingerprint density at radius 3 is 2.26 bits per heavy atom. The van der Waals surface area contributed by atoms with Crippen molar-refractivity contribution in [1.82, 2.24) is 9.55 Å². The van der Waals surface area contributed by atoms with Gasteiger partial charge in [-0.1, -0.05) is 0 Å². The number of hydrogen-bond donors (Lipinski definition) is 5. The first-order valence-electron chi connectivity index (χ1n) is 11.8. The molecule has 1 aliphatic heterocycles. The van der Waals surface area contributed by atoms with Crippen LogP contribution >= 0.6 is 35.2 Å². The van der Waals surface area contributed by atoms with E-state index in [9.17, 15) is 28.3 Å². The van der Waals surface area contributed by atoms with Gasteiger partial charge in [0, 0.05) is 29.6 Å². The fraction of sp³-hybridized carbons (Fsp3) is 0.500. The van der Waals surface area contributed by atoms with Crippen molar-refractivity contribution in [3.8, 4) is 17.2 Å². The van der Waals surface area contributed by atoms with Gasteiger partial charge in [-0.05, 0) is 6.07 Å². The maximum Gasteiger partial charge on any atom is 0.490 e. The molecule has 3 unspecified atom stereocenters. The van der Waals surface area contributed by atoms with E-state index in [0.29, 0.717) is 28.6 Å². The normalized spacial score (nSPS) is 21.6. The molecule has 1 fully saturated rings. The first-order chi connectivity index (χ1) is 20.1. The zero-order chi connectivity index (χ0) is 32.0. The van der Waals surface area contributed by atoms with Crippen molar-refractivity contribution in [3.63, 3.8) is 0 Å². The predicted molar refractivity (Wildman–Crippen MR) is 149 cm³/mol. The van der Waals surface area contributed by atoms with Gasteiger partial charge in [-0.2, -0.15) is 13.6 Å². The van der Waals surface area contributed by atoms with Crippen LogP contribution in [0.1, 0.15) is 11.6 Å². The molecule has 0 radical (unpaired) electrons. The number of aromatic nitrogens is 2. The van der Waals surface area contributed by atoms with Crippen LogP contribution in [0.3, 0.4) is 0 Å². The topological polar surface area (TPSA) is 267 Å². The first-order valence-corrected chi connectivity index (χ1v) is 17.5. The Kier molecular flexibility index (Phi) is 12.2. The number of hydrogen-bond acceptors (Lipinski definition) is 15. The second-order valence-corrected chi connectivity index (χ2v) is 13.8. The number of thioether (sulfide) groups is 1. The Balaban J connectivity index is 1.74. The number of nitrogens with zero attached hydrogens (tertiary/aromatic N) is 2. The summed E-state index contributed by atoms with van der Waals surface area (Å²) in [5, 5.41) is 0. The third kappa shape index (κ3) is 10.3. The van der Waals surface area contributed by atoms with Gasteiger partial charge in [-0.3, -0.25) is 9.09 Å². The van der Waals surface area contributed by atoms with Crippen LogP contribution in [-0.4, -0.2) is 81.8 Å². The summed E-state index contributed by atoms with van der Waals surface area (Å²) in [7, 11) is -12.3. The van der Waals surface area contributed by atoms with Crippen LogP contribution in [0.5, 0.6) is 17.2 Å². The number of nitrogen functional groups attached to an aromatic ring is 1. The first kappa shape index (κ1) is 35.5. The lowest BCUT2D eigenvalue weighted by molar-refractivity contribution is -0.0231. The highest BCUT2D eigenvalue weighted by Gasteiger charge is 2.44. The summed E-state index contributed by atoms with van der Waals surface area (Å²) in [6.45, 7) is -0.932. The summed E-state index contributed by atoms with van der Waals surface area (Å²) in [4.78, 5) is 52.8. The minimum Gasteiger partial charge on any atom is -0.496 e. The van der Waals surface area contributed by atoms with Crippen LogP contribution < -0.4 is 25.6 Å². The van der Waals surface area contributed by atoms with Crippen molar-refractivity contribution < 1.29 is 70.1 Å². The SMILES string of the molecule is COc1cc(OC)c(CSCO[C@@H]2C(COP(=O)(O)OP(=O)(O)OP(=O)(O)O)OC[C@H]2n2ccc(N)nc2=O)c(OC)c1. The van der Waals surface area contributed by atoms with Crippen LogP contribution in [-0.2, 0) is 42.1 Å². The van der Waals surface area contributed by atoms with Crippen molar-refractivity contribution in [2.45, 2.75) is 24.0 Å². The molecule has 0 aliphatic carbocycles.